The highest BCUT2D eigenvalue weighted by atomic mass is 16.5. The first kappa shape index (κ1) is 17.2. The van der Waals surface area contributed by atoms with Crippen LogP contribution >= 0.6 is 0 Å². The standard InChI is InChI=1S/C16H23NO4/c1-12(18)15(16(19)20-4)11-13-6-5-7-14(10-13)21-9-8-17(2)3/h5-7,10,15H,8-9,11H2,1-4H3. The smallest absolute Gasteiger partial charge is 0.316 e. The number of benzene rings is 1. The molecule has 0 aliphatic carbocycles. The van der Waals surface area contributed by atoms with E-state index < -0.39 is 11.9 Å². The number of hydrogen-bond donors (Lipinski definition) is 0. The van der Waals surface area contributed by atoms with Crippen LogP contribution in [0.1, 0.15) is 12.5 Å². The molecule has 1 rings (SSSR count). The molecule has 0 radical (unpaired) electrons. The molecule has 1 aromatic rings. The van der Waals surface area contributed by atoms with Crippen LogP contribution in [0.25, 0.3) is 0 Å². The average molecular weight is 293 g/mol. The number of nitrogens with zero attached hydrogens (tertiary/aromatic N) is 1. The summed E-state index contributed by atoms with van der Waals surface area (Å²) in [5.41, 5.74) is 0.878. The van der Waals surface area contributed by atoms with Crippen molar-refractivity contribution in [2.75, 3.05) is 34.4 Å². The summed E-state index contributed by atoms with van der Waals surface area (Å²) < 4.78 is 10.3. The third kappa shape index (κ3) is 5.95. The molecule has 0 N–H and O–H groups in total. The van der Waals surface area contributed by atoms with E-state index in [0.717, 1.165) is 17.9 Å². The molecule has 0 spiro atoms. The first-order valence-corrected chi connectivity index (χ1v) is 6.88. The number of rotatable bonds is 8. The van der Waals surface area contributed by atoms with E-state index in [0.29, 0.717) is 13.0 Å². The van der Waals surface area contributed by atoms with Crippen molar-refractivity contribution in [3.8, 4) is 5.75 Å². The molecule has 0 aliphatic heterocycles. The van der Waals surface area contributed by atoms with Gasteiger partial charge in [-0.2, -0.15) is 0 Å². The molecule has 5 nitrogen and oxygen atoms in total. The van der Waals surface area contributed by atoms with Crippen molar-refractivity contribution >= 4 is 11.8 Å². The lowest BCUT2D eigenvalue weighted by Crippen LogP contribution is -2.25. The molecule has 0 aliphatic rings. The van der Waals surface area contributed by atoms with Gasteiger partial charge in [0.15, 0.2) is 0 Å². The maximum atomic E-state index is 11.6. The molecule has 0 saturated carbocycles. The van der Waals surface area contributed by atoms with Gasteiger partial charge in [0.05, 0.1) is 7.11 Å². The maximum Gasteiger partial charge on any atom is 0.316 e. The fourth-order valence-corrected chi connectivity index (χ4v) is 1.88. The minimum absolute atomic E-state index is 0.194. The first-order chi connectivity index (χ1) is 9.93. The molecule has 0 aromatic heterocycles. The number of hydrogen-bond acceptors (Lipinski definition) is 5. The summed E-state index contributed by atoms with van der Waals surface area (Å²) in [5.74, 6) is -0.712. The molecule has 1 unspecified atom stereocenters. The highest BCUT2D eigenvalue weighted by Crippen LogP contribution is 2.18. The summed E-state index contributed by atoms with van der Waals surface area (Å²) in [6, 6.07) is 7.45. The van der Waals surface area contributed by atoms with Gasteiger partial charge in [-0.1, -0.05) is 12.1 Å². The molecule has 1 aromatic carbocycles. The van der Waals surface area contributed by atoms with E-state index >= 15 is 0 Å². The molecule has 0 saturated heterocycles. The number of likely N-dealkylation sites (N-methyl/N-ethyl adjacent to an activating group) is 1. The van der Waals surface area contributed by atoms with Gasteiger partial charge in [-0.05, 0) is 45.1 Å². The summed E-state index contributed by atoms with van der Waals surface area (Å²) in [6.45, 7) is 2.81. The highest BCUT2D eigenvalue weighted by Gasteiger charge is 2.24. The molecule has 5 heteroatoms. The number of carbonyl (C=O) groups is 2. The molecule has 0 heterocycles. The van der Waals surface area contributed by atoms with Crippen molar-refractivity contribution < 1.29 is 19.1 Å². The Morgan fingerprint density at radius 3 is 2.57 bits per heavy atom. The Labute approximate surface area is 125 Å². The number of esters is 1. The van der Waals surface area contributed by atoms with Crippen molar-refractivity contribution in [2.45, 2.75) is 13.3 Å². The van der Waals surface area contributed by atoms with Crippen LogP contribution in [0, 0.1) is 5.92 Å². The van der Waals surface area contributed by atoms with E-state index in [1.165, 1.54) is 14.0 Å². The van der Waals surface area contributed by atoms with Crippen LogP contribution in [0.2, 0.25) is 0 Å². The Bertz CT molecular complexity index is 485. The Morgan fingerprint density at radius 2 is 2.00 bits per heavy atom. The minimum atomic E-state index is -0.757. The Morgan fingerprint density at radius 1 is 1.29 bits per heavy atom. The van der Waals surface area contributed by atoms with Crippen LogP contribution in [0.5, 0.6) is 5.75 Å². The fourth-order valence-electron chi connectivity index (χ4n) is 1.88. The average Bonchev–Trinajstić information content (AvgIpc) is 2.43. The van der Waals surface area contributed by atoms with Crippen LogP contribution in [0.3, 0.4) is 0 Å². The second-order valence-electron chi connectivity index (χ2n) is 5.19. The quantitative estimate of drug-likeness (QED) is 0.537. The van der Waals surface area contributed by atoms with Crippen LogP contribution in [-0.4, -0.2) is 51.0 Å². The Balaban J connectivity index is 2.70. The SMILES string of the molecule is COC(=O)C(Cc1cccc(OCCN(C)C)c1)C(C)=O. The third-order valence-corrected chi connectivity index (χ3v) is 3.12. The van der Waals surface area contributed by atoms with Crippen molar-refractivity contribution in [2.24, 2.45) is 5.92 Å². The number of carbonyl (C=O) groups excluding carboxylic acids is 2. The Hall–Kier alpha value is -1.88. The van der Waals surface area contributed by atoms with Gasteiger partial charge in [0.25, 0.3) is 0 Å². The predicted molar refractivity (Wildman–Crippen MR) is 80.4 cm³/mol. The molecule has 1 atom stereocenters. The van der Waals surface area contributed by atoms with E-state index in [9.17, 15) is 9.59 Å². The van der Waals surface area contributed by atoms with Crippen molar-refractivity contribution in [1.82, 2.24) is 4.90 Å². The van der Waals surface area contributed by atoms with E-state index in [1.54, 1.807) is 0 Å². The highest BCUT2D eigenvalue weighted by molar-refractivity contribution is 5.97. The molecule has 0 fully saturated rings. The molecule has 0 bridgehead atoms. The van der Waals surface area contributed by atoms with Crippen LogP contribution < -0.4 is 4.74 Å². The van der Waals surface area contributed by atoms with Crippen molar-refractivity contribution in [3.63, 3.8) is 0 Å². The summed E-state index contributed by atoms with van der Waals surface area (Å²) in [4.78, 5) is 25.2. The number of ether oxygens (including phenoxy) is 2. The van der Waals surface area contributed by atoms with E-state index in [2.05, 4.69) is 4.74 Å². The van der Waals surface area contributed by atoms with Gasteiger partial charge in [-0.15, -0.1) is 0 Å². The topological polar surface area (TPSA) is 55.8 Å². The lowest BCUT2D eigenvalue weighted by atomic mass is 9.96. The van der Waals surface area contributed by atoms with E-state index in [1.807, 2.05) is 43.3 Å². The van der Waals surface area contributed by atoms with Gasteiger partial charge in [0.1, 0.15) is 24.1 Å². The normalized spacial score (nSPS) is 12.0. The summed E-state index contributed by atoms with van der Waals surface area (Å²) in [6.07, 6.45) is 0.326. The van der Waals surface area contributed by atoms with Gasteiger partial charge in [-0.25, -0.2) is 0 Å². The summed E-state index contributed by atoms with van der Waals surface area (Å²) in [7, 11) is 5.25. The fraction of sp³-hybridized carbons (Fsp3) is 0.500. The number of ketones is 1. The van der Waals surface area contributed by atoms with Gasteiger partial charge in [0, 0.05) is 6.54 Å². The van der Waals surface area contributed by atoms with Gasteiger partial charge < -0.3 is 14.4 Å². The van der Waals surface area contributed by atoms with Gasteiger partial charge >= 0.3 is 5.97 Å². The lowest BCUT2D eigenvalue weighted by Gasteiger charge is -2.14. The third-order valence-electron chi connectivity index (χ3n) is 3.12. The number of methoxy groups -OCH3 is 1. The first-order valence-electron chi connectivity index (χ1n) is 6.88. The summed E-state index contributed by atoms with van der Waals surface area (Å²) >= 11 is 0. The van der Waals surface area contributed by atoms with Gasteiger partial charge in [0.2, 0.25) is 0 Å². The second kappa shape index (κ2) is 8.42. The zero-order chi connectivity index (χ0) is 15.8. The van der Waals surface area contributed by atoms with Crippen molar-refractivity contribution in [1.29, 1.82) is 0 Å². The lowest BCUT2D eigenvalue weighted by molar-refractivity contribution is -0.148. The van der Waals surface area contributed by atoms with Gasteiger partial charge in [-0.3, -0.25) is 9.59 Å². The summed E-state index contributed by atoms with van der Waals surface area (Å²) in [5, 5.41) is 0. The molecular formula is C16H23NO4. The molecule has 0 amide bonds. The minimum Gasteiger partial charge on any atom is -0.492 e. The van der Waals surface area contributed by atoms with Crippen molar-refractivity contribution in [3.05, 3.63) is 29.8 Å². The predicted octanol–water partition coefficient (Wildman–Crippen LogP) is 1.55. The Kier molecular flexibility index (Phi) is 6.88. The zero-order valence-electron chi connectivity index (χ0n) is 13.1. The van der Waals surface area contributed by atoms with Crippen LogP contribution in [0.4, 0.5) is 0 Å². The molecule has 116 valence electrons. The number of Topliss-reactive ketones (excluding diaryl/α,β-unsaturated/α-hetero) is 1. The van der Waals surface area contributed by atoms with Crippen LogP contribution in [-0.2, 0) is 20.7 Å². The largest absolute Gasteiger partial charge is 0.492 e. The zero-order valence-corrected chi connectivity index (χ0v) is 13.1. The van der Waals surface area contributed by atoms with E-state index in [4.69, 9.17) is 4.74 Å². The molecule has 21 heavy (non-hydrogen) atoms. The maximum absolute atomic E-state index is 11.6. The second-order valence-corrected chi connectivity index (χ2v) is 5.19. The van der Waals surface area contributed by atoms with Crippen LogP contribution in [0.15, 0.2) is 24.3 Å². The molecular weight excluding hydrogens is 270 g/mol. The monoisotopic (exact) mass is 293 g/mol. The van der Waals surface area contributed by atoms with E-state index in [-0.39, 0.29) is 5.78 Å².